The molecule has 0 unspecified atom stereocenters. The Morgan fingerprint density at radius 2 is 0.583 bits per heavy atom. The highest BCUT2D eigenvalue weighted by Crippen LogP contribution is 2.34. The van der Waals surface area contributed by atoms with Gasteiger partial charge in [0.2, 0.25) is 0 Å². The average molecular weight is 617 g/mol. The molecule has 0 aromatic heterocycles. The van der Waals surface area contributed by atoms with Crippen LogP contribution in [0.1, 0.15) is 16.7 Å². The fraction of sp³-hybridized carbons (Fsp3) is 0. The molecule has 230 valence electrons. The van der Waals surface area contributed by atoms with E-state index in [9.17, 15) is 0 Å². The molecule has 7 aromatic carbocycles. The number of hydrogen-bond donors (Lipinski definition) is 0. The van der Waals surface area contributed by atoms with Crippen LogP contribution in [0.15, 0.2) is 200 Å². The second kappa shape index (κ2) is 14.8. The minimum atomic E-state index is 1.13. The van der Waals surface area contributed by atoms with Crippen molar-refractivity contribution in [3.05, 3.63) is 217 Å². The SMILES string of the molecule is C(=C\c1ccc(N(c2ccccc2)c2ccccc2)cc1)/c1ccc(-c2ccc(/C=C/N(c3ccccc3)c3ccccc3)cc2)cc1. The third-order valence-corrected chi connectivity index (χ3v) is 8.29. The van der Waals surface area contributed by atoms with Gasteiger partial charge >= 0.3 is 0 Å². The summed E-state index contributed by atoms with van der Waals surface area (Å²) in [5, 5.41) is 0. The highest BCUT2D eigenvalue weighted by molar-refractivity contribution is 5.78. The van der Waals surface area contributed by atoms with Crippen LogP contribution >= 0.6 is 0 Å². The van der Waals surface area contributed by atoms with Crippen LogP contribution in [0, 0.1) is 0 Å². The highest BCUT2D eigenvalue weighted by Gasteiger charge is 2.11. The lowest BCUT2D eigenvalue weighted by atomic mass is 10.0. The molecule has 0 heterocycles. The third kappa shape index (κ3) is 7.36. The van der Waals surface area contributed by atoms with Crippen LogP contribution in [0.4, 0.5) is 28.4 Å². The number of para-hydroxylation sites is 4. The zero-order valence-corrected chi connectivity index (χ0v) is 26.7. The predicted octanol–water partition coefficient (Wildman–Crippen LogP) is 12.8. The molecule has 2 heteroatoms. The summed E-state index contributed by atoms with van der Waals surface area (Å²) in [6.07, 6.45) is 8.63. The smallest absolute Gasteiger partial charge is 0.0462 e. The van der Waals surface area contributed by atoms with Crippen LogP contribution in [0.25, 0.3) is 29.4 Å². The number of nitrogens with zero attached hydrogens (tertiary/aromatic N) is 2. The normalized spacial score (nSPS) is 11.2. The standard InChI is InChI=1S/C46H36N2/c1-5-13-42(14-6-1)47(43-15-7-2-8-16-43)36-35-39-25-31-41(32-26-39)40-29-23-37(24-30-40)21-22-38-27-33-46(34-28-38)48(44-17-9-3-10-18-44)45-19-11-4-12-20-45/h1-36H/b22-21+,36-35+. The maximum atomic E-state index is 2.28. The Hall–Kier alpha value is -6.38. The van der Waals surface area contributed by atoms with Gasteiger partial charge in [-0.25, -0.2) is 0 Å². The van der Waals surface area contributed by atoms with Gasteiger partial charge in [-0.2, -0.15) is 0 Å². The molecule has 0 aliphatic rings. The molecule has 7 aromatic rings. The fourth-order valence-corrected chi connectivity index (χ4v) is 5.76. The first-order valence-electron chi connectivity index (χ1n) is 16.3. The van der Waals surface area contributed by atoms with Crippen molar-refractivity contribution < 1.29 is 0 Å². The Morgan fingerprint density at radius 3 is 0.979 bits per heavy atom. The number of benzene rings is 7. The lowest BCUT2D eigenvalue weighted by molar-refractivity contribution is 1.28. The third-order valence-electron chi connectivity index (χ3n) is 8.29. The predicted molar refractivity (Wildman–Crippen MR) is 206 cm³/mol. The van der Waals surface area contributed by atoms with Gasteiger partial charge in [0.1, 0.15) is 0 Å². The average Bonchev–Trinajstić information content (AvgIpc) is 3.17. The van der Waals surface area contributed by atoms with Crippen molar-refractivity contribution in [2.75, 3.05) is 9.80 Å². The first kappa shape index (κ1) is 30.3. The van der Waals surface area contributed by atoms with E-state index in [-0.39, 0.29) is 0 Å². The monoisotopic (exact) mass is 616 g/mol. The first-order chi connectivity index (χ1) is 23.8. The quantitative estimate of drug-likeness (QED) is 0.141. The van der Waals surface area contributed by atoms with Crippen molar-refractivity contribution >= 4 is 46.7 Å². The maximum absolute atomic E-state index is 2.28. The zero-order valence-electron chi connectivity index (χ0n) is 26.7. The number of hydrogen-bond acceptors (Lipinski definition) is 2. The molecule has 0 atom stereocenters. The van der Waals surface area contributed by atoms with Crippen LogP contribution in [-0.4, -0.2) is 0 Å². The van der Waals surface area contributed by atoms with Crippen molar-refractivity contribution in [2.24, 2.45) is 0 Å². The van der Waals surface area contributed by atoms with E-state index in [4.69, 9.17) is 0 Å². The van der Waals surface area contributed by atoms with Crippen LogP contribution < -0.4 is 9.80 Å². The topological polar surface area (TPSA) is 6.48 Å². The highest BCUT2D eigenvalue weighted by atomic mass is 15.1. The number of anilines is 5. The Labute approximate surface area is 283 Å². The Kier molecular flexibility index (Phi) is 9.34. The lowest BCUT2D eigenvalue weighted by Crippen LogP contribution is -2.09. The summed E-state index contributed by atoms with van der Waals surface area (Å²) < 4.78 is 0. The van der Waals surface area contributed by atoms with Gasteiger partial charge in [-0.05, 0) is 94.6 Å². The molecule has 0 aliphatic carbocycles. The number of rotatable bonds is 10. The molecule has 2 nitrogen and oxygen atoms in total. The second-order valence-electron chi connectivity index (χ2n) is 11.5. The molecule has 0 radical (unpaired) electrons. The van der Waals surface area contributed by atoms with Gasteiger partial charge in [-0.15, -0.1) is 0 Å². The van der Waals surface area contributed by atoms with E-state index in [0.717, 1.165) is 39.6 Å². The van der Waals surface area contributed by atoms with Gasteiger partial charge in [0.15, 0.2) is 0 Å². The Balaban J connectivity index is 1.02. The summed E-state index contributed by atoms with van der Waals surface area (Å²) in [7, 11) is 0. The molecule has 0 amide bonds. The van der Waals surface area contributed by atoms with Crippen molar-refractivity contribution in [2.45, 2.75) is 0 Å². The zero-order chi connectivity index (χ0) is 32.4. The van der Waals surface area contributed by atoms with Gasteiger partial charge in [-0.1, -0.05) is 146 Å². The van der Waals surface area contributed by atoms with E-state index in [0.29, 0.717) is 0 Å². The molecule has 0 aliphatic heterocycles. The minimum absolute atomic E-state index is 1.13. The van der Waals surface area contributed by atoms with Crippen molar-refractivity contribution in [1.29, 1.82) is 0 Å². The fourth-order valence-electron chi connectivity index (χ4n) is 5.76. The largest absolute Gasteiger partial charge is 0.317 e. The van der Waals surface area contributed by atoms with Crippen molar-refractivity contribution in [1.82, 2.24) is 0 Å². The van der Waals surface area contributed by atoms with E-state index in [1.807, 2.05) is 12.1 Å². The van der Waals surface area contributed by atoms with E-state index in [2.05, 4.69) is 216 Å². The first-order valence-corrected chi connectivity index (χ1v) is 16.3. The van der Waals surface area contributed by atoms with E-state index in [1.165, 1.54) is 16.7 Å². The van der Waals surface area contributed by atoms with Crippen molar-refractivity contribution in [3.8, 4) is 11.1 Å². The van der Waals surface area contributed by atoms with E-state index in [1.54, 1.807) is 0 Å². The van der Waals surface area contributed by atoms with E-state index >= 15 is 0 Å². The molecule has 48 heavy (non-hydrogen) atoms. The molecule has 0 saturated heterocycles. The van der Waals surface area contributed by atoms with Crippen LogP contribution in [0.5, 0.6) is 0 Å². The van der Waals surface area contributed by atoms with Gasteiger partial charge in [0.05, 0.1) is 0 Å². The summed E-state index contributed by atoms with van der Waals surface area (Å²) >= 11 is 0. The Morgan fingerprint density at radius 1 is 0.271 bits per heavy atom. The molecule has 0 N–H and O–H groups in total. The summed E-state index contributed by atoms with van der Waals surface area (Å²) in [6, 6.07) is 68.0. The van der Waals surface area contributed by atoms with Crippen molar-refractivity contribution in [3.63, 3.8) is 0 Å². The summed E-state index contributed by atoms with van der Waals surface area (Å²) in [6.45, 7) is 0. The summed E-state index contributed by atoms with van der Waals surface area (Å²) in [5.74, 6) is 0. The molecular formula is C46H36N2. The van der Waals surface area contributed by atoms with Gasteiger partial charge in [0.25, 0.3) is 0 Å². The van der Waals surface area contributed by atoms with E-state index < -0.39 is 0 Å². The molecule has 0 saturated carbocycles. The molecule has 7 rings (SSSR count). The molecule has 0 bridgehead atoms. The minimum Gasteiger partial charge on any atom is -0.317 e. The summed E-state index contributed by atoms with van der Waals surface area (Å²) in [5.41, 5.74) is 11.5. The molecule has 0 fully saturated rings. The van der Waals surface area contributed by atoms with Gasteiger partial charge < -0.3 is 9.80 Å². The van der Waals surface area contributed by atoms with Crippen LogP contribution in [0.3, 0.4) is 0 Å². The van der Waals surface area contributed by atoms with Crippen LogP contribution in [-0.2, 0) is 0 Å². The van der Waals surface area contributed by atoms with Gasteiger partial charge in [0, 0.05) is 34.6 Å². The Bertz CT molecular complexity index is 1990. The second-order valence-corrected chi connectivity index (χ2v) is 11.5. The summed E-state index contributed by atoms with van der Waals surface area (Å²) in [4.78, 5) is 4.48. The molecular weight excluding hydrogens is 581 g/mol. The maximum Gasteiger partial charge on any atom is 0.0462 e. The molecule has 0 spiro atoms. The lowest BCUT2D eigenvalue weighted by Gasteiger charge is -2.25. The van der Waals surface area contributed by atoms with Crippen LogP contribution in [0.2, 0.25) is 0 Å². The van der Waals surface area contributed by atoms with Gasteiger partial charge in [-0.3, -0.25) is 0 Å².